The zero-order chi connectivity index (χ0) is 11.4. The maximum atomic E-state index is 12.0. The molecule has 0 bridgehead atoms. The predicted octanol–water partition coefficient (Wildman–Crippen LogP) is 2.10. The van der Waals surface area contributed by atoms with Crippen LogP contribution in [0.3, 0.4) is 0 Å². The summed E-state index contributed by atoms with van der Waals surface area (Å²) in [6, 6.07) is 5.69. The zero-order valence-corrected chi connectivity index (χ0v) is 8.94. The molecule has 1 aromatic heterocycles. The van der Waals surface area contributed by atoms with Crippen molar-refractivity contribution in [3.05, 3.63) is 24.5 Å². The van der Waals surface area contributed by atoms with E-state index >= 15 is 0 Å². The predicted molar refractivity (Wildman–Crippen MR) is 59.4 cm³/mol. The van der Waals surface area contributed by atoms with Crippen molar-refractivity contribution >= 4 is 11.6 Å². The molecule has 1 heterocycles. The second-order valence-electron chi connectivity index (χ2n) is 4.10. The Hall–Kier alpha value is -1.89. The fourth-order valence-corrected chi connectivity index (χ4v) is 2.06. The van der Waals surface area contributed by atoms with Crippen LogP contribution in [0.1, 0.15) is 25.7 Å². The van der Waals surface area contributed by atoms with Gasteiger partial charge in [-0.3, -0.25) is 9.78 Å². The van der Waals surface area contributed by atoms with E-state index in [1.807, 2.05) is 0 Å². The Morgan fingerprint density at radius 3 is 2.81 bits per heavy atom. The molecule has 1 amide bonds. The second-order valence-corrected chi connectivity index (χ2v) is 4.10. The van der Waals surface area contributed by atoms with Gasteiger partial charge < -0.3 is 5.32 Å². The van der Waals surface area contributed by atoms with E-state index in [-0.39, 0.29) is 5.91 Å². The quantitative estimate of drug-likeness (QED) is 0.821. The first-order valence-corrected chi connectivity index (χ1v) is 5.40. The minimum Gasteiger partial charge on any atom is -0.323 e. The molecule has 0 saturated heterocycles. The minimum absolute atomic E-state index is 0.194. The van der Waals surface area contributed by atoms with Crippen molar-refractivity contribution in [2.75, 3.05) is 5.32 Å². The van der Waals surface area contributed by atoms with Crippen molar-refractivity contribution < 1.29 is 4.79 Å². The van der Waals surface area contributed by atoms with E-state index in [4.69, 9.17) is 5.26 Å². The molecule has 1 fully saturated rings. The molecule has 82 valence electrons. The number of pyridine rings is 1. The molecule has 1 aliphatic rings. The fraction of sp³-hybridized carbons (Fsp3) is 0.417. The first-order chi connectivity index (χ1) is 7.77. The first kappa shape index (κ1) is 10.6. The molecule has 4 nitrogen and oxygen atoms in total. The second kappa shape index (κ2) is 4.31. The number of hydrogen-bond acceptors (Lipinski definition) is 3. The summed E-state index contributed by atoms with van der Waals surface area (Å²) < 4.78 is 0. The molecule has 1 saturated carbocycles. The van der Waals surface area contributed by atoms with Crippen molar-refractivity contribution in [2.24, 2.45) is 5.41 Å². The molecular formula is C12H13N3O. The van der Waals surface area contributed by atoms with Crippen LogP contribution < -0.4 is 5.32 Å². The van der Waals surface area contributed by atoms with Gasteiger partial charge >= 0.3 is 0 Å². The van der Waals surface area contributed by atoms with Gasteiger partial charge in [-0.05, 0) is 25.0 Å². The molecule has 1 N–H and O–H groups in total. The van der Waals surface area contributed by atoms with Crippen LogP contribution in [0.4, 0.5) is 5.69 Å². The van der Waals surface area contributed by atoms with Crippen LogP contribution in [0.25, 0.3) is 0 Å². The lowest BCUT2D eigenvalue weighted by molar-refractivity contribution is -0.122. The van der Waals surface area contributed by atoms with Gasteiger partial charge in [-0.25, -0.2) is 0 Å². The molecule has 16 heavy (non-hydrogen) atoms. The third kappa shape index (κ3) is 1.89. The van der Waals surface area contributed by atoms with Gasteiger partial charge in [0.1, 0.15) is 5.41 Å². The highest BCUT2D eigenvalue weighted by Gasteiger charge is 2.41. The topological polar surface area (TPSA) is 65.8 Å². The van der Waals surface area contributed by atoms with Gasteiger partial charge in [-0.2, -0.15) is 5.26 Å². The first-order valence-electron chi connectivity index (χ1n) is 5.40. The number of nitrogens with one attached hydrogen (secondary N) is 1. The zero-order valence-electron chi connectivity index (χ0n) is 8.94. The maximum Gasteiger partial charge on any atom is 0.244 e. The molecule has 2 rings (SSSR count). The molecule has 0 radical (unpaired) electrons. The smallest absolute Gasteiger partial charge is 0.244 e. The standard InChI is InChI=1S/C12H13N3O/c13-9-12(5-1-2-6-12)11(16)15-10-4-3-7-14-8-10/h3-4,7-8H,1-2,5-6H2,(H,15,16). The summed E-state index contributed by atoms with van der Waals surface area (Å²) in [5, 5.41) is 11.9. The van der Waals surface area contributed by atoms with Gasteiger partial charge in [0, 0.05) is 6.20 Å². The maximum absolute atomic E-state index is 12.0. The highest BCUT2D eigenvalue weighted by Crippen LogP contribution is 2.38. The van der Waals surface area contributed by atoms with Gasteiger partial charge in [-0.15, -0.1) is 0 Å². The Morgan fingerprint density at radius 1 is 1.50 bits per heavy atom. The van der Waals surface area contributed by atoms with E-state index in [1.54, 1.807) is 24.5 Å². The van der Waals surface area contributed by atoms with Crippen LogP contribution in [0.2, 0.25) is 0 Å². The van der Waals surface area contributed by atoms with Crippen molar-refractivity contribution in [3.8, 4) is 6.07 Å². The lowest BCUT2D eigenvalue weighted by Crippen LogP contribution is -2.32. The van der Waals surface area contributed by atoms with E-state index in [2.05, 4.69) is 16.4 Å². The summed E-state index contributed by atoms with van der Waals surface area (Å²) in [5.74, 6) is -0.194. The SMILES string of the molecule is N#CC1(C(=O)Nc2cccnc2)CCCC1. The van der Waals surface area contributed by atoms with Gasteiger partial charge in [0.05, 0.1) is 18.0 Å². The highest BCUT2D eigenvalue weighted by molar-refractivity contribution is 5.97. The van der Waals surface area contributed by atoms with E-state index < -0.39 is 5.41 Å². The summed E-state index contributed by atoms with van der Waals surface area (Å²) in [6.07, 6.45) is 6.45. The van der Waals surface area contributed by atoms with Crippen LogP contribution in [0.15, 0.2) is 24.5 Å². The van der Waals surface area contributed by atoms with Crippen LogP contribution in [-0.2, 0) is 4.79 Å². The summed E-state index contributed by atoms with van der Waals surface area (Å²) in [5.41, 5.74) is -0.176. The third-order valence-corrected chi connectivity index (χ3v) is 3.03. The van der Waals surface area contributed by atoms with Crippen LogP contribution in [0.5, 0.6) is 0 Å². The number of anilines is 1. The minimum atomic E-state index is -0.824. The normalized spacial score (nSPS) is 17.7. The molecule has 0 atom stereocenters. The molecule has 0 unspecified atom stereocenters. The number of nitriles is 1. The molecule has 1 aliphatic carbocycles. The van der Waals surface area contributed by atoms with Gasteiger partial charge in [-0.1, -0.05) is 12.8 Å². The Balaban J connectivity index is 2.11. The average molecular weight is 215 g/mol. The average Bonchev–Trinajstić information content (AvgIpc) is 2.80. The summed E-state index contributed by atoms with van der Waals surface area (Å²) in [6.45, 7) is 0. The molecule has 1 aromatic rings. The summed E-state index contributed by atoms with van der Waals surface area (Å²) in [7, 11) is 0. The number of aromatic nitrogens is 1. The van der Waals surface area contributed by atoms with Crippen molar-refractivity contribution in [3.63, 3.8) is 0 Å². The van der Waals surface area contributed by atoms with Crippen LogP contribution in [0, 0.1) is 16.7 Å². The van der Waals surface area contributed by atoms with E-state index in [0.717, 1.165) is 12.8 Å². The van der Waals surface area contributed by atoms with Crippen LogP contribution in [-0.4, -0.2) is 10.9 Å². The van der Waals surface area contributed by atoms with Gasteiger partial charge in [0.2, 0.25) is 5.91 Å². The Kier molecular flexibility index (Phi) is 2.86. The van der Waals surface area contributed by atoms with Crippen LogP contribution >= 0.6 is 0 Å². The molecule has 0 spiro atoms. The molecule has 0 aliphatic heterocycles. The number of rotatable bonds is 2. The number of amides is 1. The Labute approximate surface area is 94.3 Å². The third-order valence-electron chi connectivity index (χ3n) is 3.03. The van der Waals surface area contributed by atoms with Crippen molar-refractivity contribution in [1.29, 1.82) is 5.26 Å². The lowest BCUT2D eigenvalue weighted by Gasteiger charge is -2.18. The number of carbonyl (C=O) groups is 1. The number of hydrogen-bond donors (Lipinski definition) is 1. The molecule has 4 heteroatoms. The van der Waals surface area contributed by atoms with E-state index in [0.29, 0.717) is 18.5 Å². The largest absolute Gasteiger partial charge is 0.323 e. The Morgan fingerprint density at radius 2 is 2.25 bits per heavy atom. The fourth-order valence-electron chi connectivity index (χ4n) is 2.06. The lowest BCUT2D eigenvalue weighted by atomic mass is 9.87. The summed E-state index contributed by atoms with van der Waals surface area (Å²) in [4.78, 5) is 15.9. The number of carbonyl (C=O) groups excluding carboxylic acids is 1. The van der Waals surface area contributed by atoms with E-state index in [9.17, 15) is 4.79 Å². The van der Waals surface area contributed by atoms with E-state index in [1.165, 1.54) is 0 Å². The van der Waals surface area contributed by atoms with Gasteiger partial charge in [0.25, 0.3) is 0 Å². The molecular weight excluding hydrogens is 202 g/mol. The highest BCUT2D eigenvalue weighted by atomic mass is 16.2. The summed E-state index contributed by atoms with van der Waals surface area (Å²) >= 11 is 0. The Bertz CT molecular complexity index is 416. The van der Waals surface area contributed by atoms with Gasteiger partial charge in [0.15, 0.2) is 0 Å². The van der Waals surface area contributed by atoms with Crippen molar-refractivity contribution in [1.82, 2.24) is 4.98 Å². The number of nitrogens with zero attached hydrogens (tertiary/aromatic N) is 2. The van der Waals surface area contributed by atoms with Crippen molar-refractivity contribution in [2.45, 2.75) is 25.7 Å². The molecule has 0 aromatic carbocycles. The monoisotopic (exact) mass is 215 g/mol.